The van der Waals surface area contributed by atoms with Gasteiger partial charge in [-0.25, -0.2) is 0 Å². The van der Waals surface area contributed by atoms with Crippen LogP contribution in [0.15, 0.2) is 0 Å². The van der Waals surface area contributed by atoms with Gasteiger partial charge in [-0.15, -0.1) is 0 Å². The highest BCUT2D eigenvalue weighted by molar-refractivity contribution is 5.82. The fraction of sp³-hybridized carbons (Fsp3) is 0.905. The zero-order valence-electron chi connectivity index (χ0n) is 18.0. The summed E-state index contributed by atoms with van der Waals surface area (Å²) in [6, 6.07) is 0. The Morgan fingerprint density at radius 2 is 1.26 bits per heavy atom. The molecule has 0 spiro atoms. The van der Waals surface area contributed by atoms with E-state index < -0.39 is 0 Å². The average Bonchev–Trinajstić information content (AvgIpc) is 3.22. The highest BCUT2D eigenvalue weighted by atomic mass is 16.2. The Hall–Kier alpha value is -1.14. The quantitative estimate of drug-likeness (QED) is 0.667. The summed E-state index contributed by atoms with van der Waals surface area (Å²) >= 11 is 0. The molecule has 0 aromatic heterocycles. The van der Waals surface area contributed by atoms with Crippen molar-refractivity contribution in [2.75, 3.05) is 39.3 Å². The second-order valence-electron chi connectivity index (χ2n) is 10.7. The van der Waals surface area contributed by atoms with Crippen LogP contribution in [0.2, 0.25) is 0 Å². The summed E-state index contributed by atoms with van der Waals surface area (Å²) in [5.41, 5.74) is -0.00787. The summed E-state index contributed by atoms with van der Waals surface area (Å²) in [5, 5.41) is 6.66. The first-order valence-corrected chi connectivity index (χ1v) is 10.5. The van der Waals surface area contributed by atoms with Crippen LogP contribution in [0.4, 0.5) is 0 Å². The number of nitrogens with zero attached hydrogens (tertiary/aromatic N) is 2. The Balaban J connectivity index is 0.000000156. The minimum atomic E-state index is -0.00928. The first kappa shape index (κ1) is 20.6. The molecule has 4 unspecified atom stereocenters. The molecule has 4 aliphatic rings. The van der Waals surface area contributed by atoms with Crippen molar-refractivity contribution in [3.05, 3.63) is 0 Å². The zero-order chi connectivity index (χ0) is 20.0. The van der Waals surface area contributed by atoms with E-state index in [-0.39, 0.29) is 17.0 Å². The molecule has 2 amide bonds. The molecule has 4 atom stereocenters. The molecule has 4 saturated heterocycles. The van der Waals surface area contributed by atoms with E-state index in [0.29, 0.717) is 29.6 Å². The molecule has 4 rings (SSSR count). The lowest BCUT2D eigenvalue weighted by Crippen LogP contribution is -2.52. The first-order valence-electron chi connectivity index (χ1n) is 10.5. The van der Waals surface area contributed by atoms with Crippen molar-refractivity contribution in [2.45, 2.75) is 59.0 Å². The molecule has 0 aromatic rings. The number of amides is 2. The number of likely N-dealkylation sites (tertiary alicyclic amines) is 2. The van der Waals surface area contributed by atoms with E-state index in [1.54, 1.807) is 0 Å². The number of carbonyl (C=O) groups is 2. The fourth-order valence-electron chi connectivity index (χ4n) is 4.90. The van der Waals surface area contributed by atoms with E-state index in [4.69, 9.17) is 0 Å². The van der Waals surface area contributed by atoms with E-state index in [2.05, 4.69) is 52.2 Å². The molecule has 4 aliphatic heterocycles. The number of rotatable bonds is 0. The molecule has 27 heavy (non-hydrogen) atoms. The van der Waals surface area contributed by atoms with Crippen molar-refractivity contribution < 1.29 is 9.59 Å². The fourth-order valence-corrected chi connectivity index (χ4v) is 4.90. The highest BCUT2D eigenvalue weighted by Crippen LogP contribution is 2.32. The average molecular weight is 379 g/mol. The number of fused-ring (bicyclic) bond motifs is 2. The Labute approximate surface area is 164 Å². The Kier molecular flexibility index (Phi) is 5.61. The molecule has 154 valence electrons. The van der Waals surface area contributed by atoms with Crippen molar-refractivity contribution in [1.82, 2.24) is 20.4 Å². The lowest BCUT2D eigenvalue weighted by Gasteiger charge is -2.42. The maximum absolute atomic E-state index is 11.9. The number of nitrogens with one attached hydrogen (secondary N) is 2. The van der Waals surface area contributed by atoms with Gasteiger partial charge in [0.25, 0.3) is 0 Å². The zero-order valence-corrected chi connectivity index (χ0v) is 18.0. The predicted octanol–water partition coefficient (Wildman–Crippen LogP) is 1.32. The monoisotopic (exact) mass is 378 g/mol. The molecule has 6 nitrogen and oxygen atoms in total. The number of carbonyl (C=O) groups excluding carboxylic acids is 2. The molecule has 4 fully saturated rings. The Morgan fingerprint density at radius 1 is 0.741 bits per heavy atom. The molecular formula is C21H38N4O2. The van der Waals surface area contributed by atoms with Crippen LogP contribution in [0, 0.1) is 23.7 Å². The van der Waals surface area contributed by atoms with Gasteiger partial charge in [-0.3, -0.25) is 9.59 Å². The number of hydrogen-bond donors (Lipinski definition) is 2. The van der Waals surface area contributed by atoms with Crippen molar-refractivity contribution >= 4 is 11.8 Å². The smallest absolute Gasteiger partial charge is 0.227 e. The third-order valence-corrected chi connectivity index (χ3v) is 6.59. The van der Waals surface area contributed by atoms with Gasteiger partial charge in [-0.1, -0.05) is 0 Å². The lowest BCUT2D eigenvalue weighted by atomic mass is 9.86. The minimum Gasteiger partial charge on any atom is -0.338 e. The molecule has 2 N–H and O–H groups in total. The second kappa shape index (κ2) is 7.36. The van der Waals surface area contributed by atoms with E-state index in [1.165, 1.54) is 0 Å². The van der Waals surface area contributed by atoms with Crippen LogP contribution >= 0.6 is 0 Å². The summed E-state index contributed by atoms with van der Waals surface area (Å²) in [4.78, 5) is 27.9. The molecule has 0 saturated carbocycles. The van der Waals surface area contributed by atoms with Crippen LogP contribution in [0.3, 0.4) is 0 Å². The van der Waals surface area contributed by atoms with Crippen LogP contribution in [0.25, 0.3) is 0 Å². The van der Waals surface area contributed by atoms with Gasteiger partial charge in [0.1, 0.15) is 0 Å². The van der Waals surface area contributed by atoms with Crippen LogP contribution in [0.5, 0.6) is 0 Å². The third-order valence-electron chi connectivity index (χ3n) is 6.59. The Morgan fingerprint density at radius 3 is 1.85 bits per heavy atom. The molecule has 0 radical (unpaired) electrons. The highest BCUT2D eigenvalue weighted by Gasteiger charge is 2.46. The maximum atomic E-state index is 11.9. The maximum Gasteiger partial charge on any atom is 0.227 e. The van der Waals surface area contributed by atoms with Crippen LogP contribution in [-0.2, 0) is 9.59 Å². The van der Waals surface area contributed by atoms with Gasteiger partial charge >= 0.3 is 0 Å². The standard InChI is InChI=1S/C11H20N2O.C10H18N2O/c1-11(2,3)13-7-9-6-12-5-8(9)4-10(13)14;1-10(2,3)12-6-7-4-11-5-8(7)9(12)13/h8-9,12H,4-7H2,1-3H3;7-8,11H,4-6H2,1-3H3. The van der Waals surface area contributed by atoms with Crippen molar-refractivity contribution in [3.63, 3.8) is 0 Å². The van der Waals surface area contributed by atoms with Gasteiger partial charge in [0.2, 0.25) is 11.8 Å². The summed E-state index contributed by atoms with van der Waals surface area (Å²) in [6.45, 7) is 18.6. The van der Waals surface area contributed by atoms with Gasteiger partial charge in [0.15, 0.2) is 0 Å². The predicted molar refractivity (Wildman–Crippen MR) is 107 cm³/mol. The van der Waals surface area contributed by atoms with E-state index in [1.807, 2.05) is 9.80 Å². The largest absolute Gasteiger partial charge is 0.338 e. The summed E-state index contributed by atoms with van der Waals surface area (Å²) in [7, 11) is 0. The molecule has 0 aliphatic carbocycles. The molecule has 0 aromatic carbocycles. The molecule has 0 bridgehead atoms. The first-order chi connectivity index (χ1) is 12.5. The summed E-state index contributed by atoms with van der Waals surface area (Å²) in [5.74, 6) is 2.80. The van der Waals surface area contributed by atoms with Gasteiger partial charge in [0.05, 0.1) is 5.92 Å². The van der Waals surface area contributed by atoms with Crippen LogP contribution < -0.4 is 10.6 Å². The third kappa shape index (κ3) is 4.32. The summed E-state index contributed by atoms with van der Waals surface area (Å²) < 4.78 is 0. The normalized spacial score (nSPS) is 33.7. The van der Waals surface area contributed by atoms with Crippen molar-refractivity contribution in [1.29, 1.82) is 0 Å². The molecular weight excluding hydrogens is 340 g/mol. The second-order valence-corrected chi connectivity index (χ2v) is 10.7. The van der Waals surface area contributed by atoms with Crippen LogP contribution in [0.1, 0.15) is 48.0 Å². The Bertz CT molecular complexity index is 578. The van der Waals surface area contributed by atoms with Crippen molar-refractivity contribution in [2.24, 2.45) is 23.7 Å². The van der Waals surface area contributed by atoms with Gasteiger partial charge in [-0.2, -0.15) is 0 Å². The van der Waals surface area contributed by atoms with E-state index >= 15 is 0 Å². The van der Waals surface area contributed by atoms with Gasteiger partial charge in [-0.05, 0) is 66.5 Å². The molecule has 4 heterocycles. The topological polar surface area (TPSA) is 64.7 Å². The van der Waals surface area contributed by atoms with Crippen LogP contribution in [-0.4, -0.2) is 72.0 Å². The van der Waals surface area contributed by atoms with Gasteiger partial charge < -0.3 is 20.4 Å². The van der Waals surface area contributed by atoms with Gasteiger partial charge in [0, 0.05) is 49.6 Å². The van der Waals surface area contributed by atoms with Crippen molar-refractivity contribution in [3.8, 4) is 0 Å². The van der Waals surface area contributed by atoms with E-state index in [0.717, 1.165) is 45.7 Å². The number of piperidine rings is 1. The minimum absolute atomic E-state index is 0.00141. The van der Waals surface area contributed by atoms with E-state index in [9.17, 15) is 9.59 Å². The lowest BCUT2D eigenvalue weighted by molar-refractivity contribution is -0.141. The SMILES string of the molecule is CC(C)(C)N1CC2CNCC2C1=O.CC(C)(C)N1CC2CNCC2CC1=O. The number of hydrogen-bond acceptors (Lipinski definition) is 4. The summed E-state index contributed by atoms with van der Waals surface area (Å²) in [6.07, 6.45) is 0.745. The molecule has 6 heteroatoms.